The van der Waals surface area contributed by atoms with Gasteiger partial charge in [-0.1, -0.05) is 0 Å². The van der Waals surface area contributed by atoms with Crippen LogP contribution in [0.3, 0.4) is 0 Å². The molecule has 22 heavy (non-hydrogen) atoms. The maximum atomic E-state index is 11.6. The molecular formula is C11H12N6O4S. The molecule has 0 fully saturated rings. The molecule has 0 atom stereocenters. The molecule has 0 bridgehead atoms. The van der Waals surface area contributed by atoms with Gasteiger partial charge in [-0.05, 0) is 0 Å². The number of hydrogen-bond acceptors (Lipinski definition) is 8. The fourth-order valence-electron chi connectivity index (χ4n) is 1.65. The van der Waals surface area contributed by atoms with Crippen LogP contribution in [0, 0.1) is 16.7 Å². The summed E-state index contributed by atoms with van der Waals surface area (Å²) in [6.07, 6.45) is 0. The highest BCUT2D eigenvalue weighted by atomic mass is 32.2. The molecule has 0 saturated heterocycles. The SMILES string of the molecule is N#C/C(=N\Nc1cc2c(cc1S(N)(=O)=O)OCCO2)C(=N)N. The molecule has 0 aliphatic carbocycles. The van der Waals surface area contributed by atoms with E-state index in [1.54, 1.807) is 6.07 Å². The van der Waals surface area contributed by atoms with E-state index >= 15 is 0 Å². The standard InChI is InChI=1S/C11H12N6O4S/c12-5-7(11(13)14)17-16-6-3-8-9(21-2-1-20-8)4-10(6)22(15,18)19/h3-4,16H,1-2H2,(H3,13,14)(H2,15,18,19)/b17-7+. The zero-order chi connectivity index (χ0) is 16.3. The van der Waals surface area contributed by atoms with Gasteiger partial charge in [0.2, 0.25) is 15.7 Å². The molecule has 0 amide bonds. The molecule has 1 aliphatic rings. The molecule has 1 aliphatic heterocycles. The minimum atomic E-state index is -4.08. The molecule has 2 rings (SSSR count). The van der Waals surface area contributed by atoms with E-state index in [1.165, 1.54) is 12.1 Å². The number of fused-ring (bicyclic) bond motifs is 1. The number of anilines is 1. The Hall–Kier alpha value is -2.84. The van der Waals surface area contributed by atoms with Gasteiger partial charge in [0, 0.05) is 12.1 Å². The maximum absolute atomic E-state index is 11.6. The average molecular weight is 324 g/mol. The van der Waals surface area contributed by atoms with Crippen LogP contribution in [0.5, 0.6) is 11.5 Å². The van der Waals surface area contributed by atoms with Crippen molar-refractivity contribution in [3.8, 4) is 17.6 Å². The number of amidine groups is 1. The Morgan fingerprint density at radius 2 is 1.95 bits per heavy atom. The Bertz CT molecular complexity index is 796. The van der Waals surface area contributed by atoms with Crippen molar-refractivity contribution < 1.29 is 17.9 Å². The summed E-state index contributed by atoms with van der Waals surface area (Å²) in [7, 11) is -4.08. The average Bonchev–Trinajstić information content (AvgIpc) is 2.45. The van der Waals surface area contributed by atoms with Gasteiger partial charge in [0.25, 0.3) is 0 Å². The zero-order valence-electron chi connectivity index (χ0n) is 11.2. The molecule has 6 N–H and O–H groups in total. The topological polar surface area (TPSA) is 177 Å². The highest BCUT2D eigenvalue weighted by Gasteiger charge is 2.21. The van der Waals surface area contributed by atoms with Crippen LogP contribution in [0.25, 0.3) is 0 Å². The molecule has 0 spiro atoms. The van der Waals surface area contributed by atoms with Crippen molar-refractivity contribution in [3.63, 3.8) is 0 Å². The summed E-state index contributed by atoms with van der Waals surface area (Å²) in [6, 6.07) is 4.12. The van der Waals surface area contributed by atoms with Crippen molar-refractivity contribution in [2.75, 3.05) is 18.6 Å². The molecule has 1 aromatic carbocycles. The summed E-state index contributed by atoms with van der Waals surface area (Å²) in [5.74, 6) is -0.0285. The van der Waals surface area contributed by atoms with Crippen molar-refractivity contribution in [1.29, 1.82) is 10.7 Å². The summed E-state index contributed by atoms with van der Waals surface area (Å²) in [6.45, 7) is 0.590. The van der Waals surface area contributed by atoms with Gasteiger partial charge in [0.1, 0.15) is 24.2 Å². The van der Waals surface area contributed by atoms with Gasteiger partial charge in [-0.2, -0.15) is 10.4 Å². The van der Waals surface area contributed by atoms with E-state index in [0.29, 0.717) is 12.4 Å². The van der Waals surface area contributed by atoms with Gasteiger partial charge < -0.3 is 15.2 Å². The lowest BCUT2D eigenvalue weighted by molar-refractivity contribution is 0.171. The predicted molar refractivity (Wildman–Crippen MR) is 77.4 cm³/mol. The van der Waals surface area contributed by atoms with Gasteiger partial charge in [-0.3, -0.25) is 10.8 Å². The van der Waals surface area contributed by atoms with E-state index in [4.69, 9.17) is 31.0 Å². The number of primary sulfonamides is 1. The first-order valence-corrected chi connectivity index (χ1v) is 7.42. The van der Waals surface area contributed by atoms with Crippen LogP contribution in [0.2, 0.25) is 0 Å². The number of hydrazone groups is 1. The Balaban J connectivity index is 2.50. The highest BCUT2D eigenvalue weighted by Crippen LogP contribution is 2.37. The van der Waals surface area contributed by atoms with Crippen LogP contribution in [-0.4, -0.2) is 33.2 Å². The molecule has 1 aromatic rings. The number of nitrogens with zero attached hydrogens (tertiary/aromatic N) is 2. The predicted octanol–water partition coefficient (Wildman–Crippen LogP) is -0.667. The molecule has 11 heteroatoms. The monoisotopic (exact) mass is 324 g/mol. The lowest BCUT2D eigenvalue weighted by atomic mass is 10.2. The Kier molecular flexibility index (Phi) is 4.15. The Labute approximate surface area is 125 Å². The summed E-state index contributed by atoms with van der Waals surface area (Å²) in [5.41, 5.74) is 7.07. The summed E-state index contributed by atoms with van der Waals surface area (Å²) >= 11 is 0. The number of ether oxygens (including phenoxy) is 2. The van der Waals surface area contributed by atoms with Gasteiger partial charge in [-0.25, -0.2) is 13.6 Å². The van der Waals surface area contributed by atoms with Crippen LogP contribution in [-0.2, 0) is 10.0 Å². The summed E-state index contributed by atoms with van der Waals surface area (Å²) in [4.78, 5) is -0.290. The van der Waals surface area contributed by atoms with Crippen molar-refractivity contribution in [2.45, 2.75) is 4.90 Å². The number of nitrogens with one attached hydrogen (secondary N) is 2. The molecule has 0 aromatic heterocycles. The molecule has 116 valence electrons. The van der Waals surface area contributed by atoms with Crippen molar-refractivity contribution >= 4 is 27.3 Å². The second-order valence-electron chi connectivity index (χ2n) is 4.13. The molecule has 0 radical (unpaired) electrons. The first kappa shape index (κ1) is 15.5. The van der Waals surface area contributed by atoms with E-state index in [9.17, 15) is 8.42 Å². The van der Waals surface area contributed by atoms with Crippen LogP contribution in [0.15, 0.2) is 22.1 Å². The Morgan fingerprint density at radius 1 is 1.36 bits per heavy atom. The van der Waals surface area contributed by atoms with Crippen LogP contribution >= 0.6 is 0 Å². The number of rotatable bonds is 4. The van der Waals surface area contributed by atoms with Crippen molar-refractivity contribution in [1.82, 2.24) is 0 Å². The van der Waals surface area contributed by atoms with E-state index in [-0.39, 0.29) is 22.9 Å². The smallest absolute Gasteiger partial charge is 0.240 e. The van der Waals surface area contributed by atoms with E-state index in [0.717, 1.165) is 0 Å². The second kappa shape index (κ2) is 5.88. The number of nitrogens with two attached hydrogens (primary N) is 2. The number of sulfonamides is 1. The van der Waals surface area contributed by atoms with Gasteiger partial charge in [0.15, 0.2) is 17.3 Å². The molecule has 0 unspecified atom stereocenters. The summed E-state index contributed by atoms with van der Waals surface area (Å²) < 4.78 is 33.9. The quantitative estimate of drug-likeness (QED) is 0.322. The van der Waals surface area contributed by atoms with Crippen molar-refractivity contribution in [2.24, 2.45) is 16.0 Å². The van der Waals surface area contributed by atoms with E-state index in [2.05, 4.69) is 10.5 Å². The third kappa shape index (κ3) is 3.25. The lowest BCUT2D eigenvalue weighted by Crippen LogP contribution is -2.22. The first-order chi connectivity index (χ1) is 10.3. The van der Waals surface area contributed by atoms with Crippen molar-refractivity contribution in [3.05, 3.63) is 12.1 Å². The van der Waals surface area contributed by atoms with Gasteiger partial charge in [0.05, 0.1) is 5.69 Å². The van der Waals surface area contributed by atoms with E-state index < -0.39 is 21.6 Å². The third-order valence-corrected chi connectivity index (χ3v) is 3.55. The third-order valence-electron chi connectivity index (χ3n) is 2.60. The Morgan fingerprint density at radius 3 is 2.45 bits per heavy atom. The number of nitriles is 1. The fraction of sp³-hybridized carbons (Fsp3) is 0.182. The first-order valence-electron chi connectivity index (χ1n) is 5.87. The minimum absolute atomic E-state index is 0.0271. The maximum Gasteiger partial charge on any atom is 0.240 e. The van der Waals surface area contributed by atoms with Crippen LogP contribution in [0.1, 0.15) is 0 Å². The summed E-state index contributed by atoms with van der Waals surface area (Å²) in [5, 5.41) is 24.6. The van der Waals surface area contributed by atoms with Gasteiger partial charge in [-0.15, -0.1) is 0 Å². The zero-order valence-corrected chi connectivity index (χ0v) is 12.0. The second-order valence-corrected chi connectivity index (χ2v) is 5.66. The molecular weight excluding hydrogens is 312 g/mol. The van der Waals surface area contributed by atoms with Crippen LogP contribution in [0.4, 0.5) is 5.69 Å². The molecule has 1 heterocycles. The molecule has 0 saturated carbocycles. The minimum Gasteiger partial charge on any atom is -0.486 e. The number of benzene rings is 1. The fourth-order valence-corrected chi connectivity index (χ4v) is 2.34. The normalized spacial score (nSPS) is 14.1. The number of hydrogen-bond donors (Lipinski definition) is 4. The van der Waals surface area contributed by atoms with E-state index in [1.807, 2.05) is 0 Å². The lowest BCUT2D eigenvalue weighted by Gasteiger charge is -2.20. The molecule has 10 nitrogen and oxygen atoms in total. The highest BCUT2D eigenvalue weighted by molar-refractivity contribution is 7.89. The largest absolute Gasteiger partial charge is 0.486 e. The van der Waals surface area contributed by atoms with Crippen LogP contribution < -0.4 is 25.8 Å². The van der Waals surface area contributed by atoms with Gasteiger partial charge >= 0.3 is 0 Å².